The summed E-state index contributed by atoms with van der Waals surface area (Å²) in [7, 11) is 4.72. The van der Waals surface area contributed by atoms with Gasteiger partial charge in [0, 0.05) is 14.0 Å². The molecular weight excluding hydrogens is 260 g/mol. The van der Waals surface area contributed by atoms with Crippen LogP contribution < -0.4 is 14.8 Å². The molecule has 0 aliphatic carbocycles. The van der Waals surface area contributed by atoms with Crippen molar-refractivity contribution < 1.29 is 19.0 Å². The van der Waals surface area contributed by atoms with Crippen molar-refractivity contribution in [1.82, 2.24) is 5.32 Å². The van der Waals surface area contributed by atoms with E-state index in [1.165, 1.54) is 0 Å². The van der Waals surface area contributed by atoms with Crippen LogP contribution >= 0.6 is 0 Å². The van der Waals surface area contributed by atoms with E-state index < -0.39 is 12.1 Å². The van der Waals surface area contributed by atoms with Gasteiger partial charge in [-0.05, 0) is 17.7 Å². The summed E-state index contributed by atoms with van der Waals surface area (Å²) in [4.78, 5) is 16.1. The Morgan fingerprint density at radius 3 is 2.60 bits per heavy atom. The number of aliphatic imine (C=N–C) groups is 1. The van der Waals surface area contributed by atoms with Crippen molar-refractivity contribution in [2.24, 2.45) is 4.99 Å². The molecule has 0 saturated carbocycles. The highest BCUT2D eigenvalue weighted by Gasteiger charge is 2.36. The standard InChI is InChI=1S/C14H18N2O4/c1-8-16-12(14(17)15-2)13(20-8)9-5-6-10(18-3)11(7-9)19-4/h5-7,12-13H,1-4H3,(H,15,17)/t12-,13-/m0/s1. The largest absolute Gasteiger partial charge is 0.493 e. The lowest BCUT2D eigenvalue weighted by atomic mass is 10.0. The quantitative estimate of drug-likeness (QED) is 0.901. The summed E-state index contributed by atoms with van der Waals surface area (Å²) in [5.41, 5.74) is 0.817. The molecule has 6 heteroatoms. The van der Waals surface area contributed by atoms with Gasteiger partial charge in [0.05, 0.1) is 14.2 Å². The Hall–Kier alpha value is -2.24. The molecule has 2 atom stereocenters. The van der Waals surface area contributed by atoms with E-state index in [0.29, 0.717) is 17.4 Å². The van der Waals surface area contributed by atoms with E-state index in [0.717, 1.165) is 5.56 Å². The number of nitrogens with one attached hydrogen (secondary N) is 1. The van der Waals surface area contributed by atoms with Crippen molar-refractivity contribution in [3.8, 4) is 11.5 Å². The van der Waals surface area contributed by atoms with Crippen molar-refractivity contribution in [3.05, 3.63) is 23.8 Å². The highest BCUT2D eigenvalue weighted by molar-refractivity contribution is 5.88. The topological polar surface area (TPSA) is 69.2 Å². The van der Waals surface area contributed by atoms with Crippen LogP contribution in [0.1, 0.15) is 18.6 Å². The Balaban J connectivity index is 2.33. The van der Waals surface area contributed by atoms with Gasteiger partial charge in [0.1, 0.15) is 0 Å². The van der Waals surface area contributed by atoms with Gasteiger partial charge in [-0.2, -0.15) is 0 Å². The molecule has 0 aromatic heterocycles. The number of rotatable bonds is 4. The van der Waals surface area contributed by atoms with Crippen LogP contribution in [0.25, 0.3) is 0 Å². The minimum atomic E-state index is -0.585. The van der Waals surface area contributed by atoms with Gasteiger partial charge < -0.3 is 19.5 Å². The van der Waals surface area contributed by atoms with Crippen molar-refractivity contribution in [2.45, 2.75) is 19.1 Å². The normalized spacial score (nSPS) is 20.9. The molecule has 6 nitrogen and oxygen atoms in total. The van der Waals surface area contributed by atoms with Gasteiger partial charge in [0.25, 0.3) is 0 Å². The average molecular weight is 278 g/mol. The number of likely N-dealkylation sites (N-methyl/N-ethyl adjacent to an activating group) is 1. The Bertz CT molecular complexity index is 542. The zero-order valence-corrected chi connectivity index (χ0v) is 12.0. The highest BCUT2D eigenvalue weighted by atomic mass is 16.5. The maximum atomic E-state index is 11.9. The summed E-state index contributed by atoms with van der Waals surface area (Å²) in [5, 5.41) is 2.60. The number of nitrogens with zero attached hydrogens (tertiary/aromatic N) is 1. The first-order valence-electron chi connectivity index (χ1n) is 6.25. The van der Waals surface area contributed by atoms with E-state index in [2.05, 4.69) is 10.3 Å². The predicted octanol–water partition coefficient (Wildman–Crippen LogP) is 1.31. The van der Waals surface area contributed by atoms with Crippen molar-refractivity contribution in [1.29, 1.82) is 0 Å². The van der Waals surface area contributed by atoms with Crippen LogP contribution in [0.4, 0.5) is 0 Å². The fraction of sp³-hybridized carbons (Fsp3) is 0.429. The molecule has 0 bridgehead atoms. The van der Waals surface area contributed by atoms with E-state index in [4.69, 9.17) is 14.2 Å². The first-order chi connectivity index (χ1) is 9.60. The smallest absolute Gasteiger partial charge is 0.248 e. The number of benzene rings is 1. The fourth-order valence-corrected chi connectivity index (χ4v) is 2.17. The monoisotopic (exact) mass is 278 g/mol. The predicted molar refractivity (Wildman–Crippen MR) is 74.3 cm³/mol. The number of amides is 1. The molecule has 20 heavy (non-hydrogen) atoms. The summed E-state index contributed by atoms with van der Waals surface area (Å²) in [6.45, 7) is 1.73. The van der Waals surface area contributed by atoms with Crippen LogP contribution in [-0.4, -0.2) is 39.1 Å². The Labute approximate surface area is 117 Å². The zero-order chi connectivity index (χ0) is 14.7. The lowest BCUT2D eigenvalue weighted by Crippen LogP contribution is -2.33. The molecule has 0 radical (unpaired) electrons. The van der Waals surface area contributed by atoms with Gasteiger partial charge in [0.15, 0.2) is 29.5 Å². The van der Waals surface area contributed by atoms with Crippen LogP contribution in [0.3, 0.4) is 0 Å². The van der Waals surface area contributed by atoms with Crippen molar-refractivity contribution >= 4 is 11.8 Å². The van der Waals surface area contributed by atoms with E-state index in [-0.39, 0.29) is 5.91 Å². The molecule has 0 spiro atoms. The van der Waals surface area contributed by atoms with Gasteiger partial charge in [-0.1, -0.05) is 6.07 Å². The number of ether oxygens (including phenoxy) is 3. The molecule has 108 valence electrons. The molecule has 1 aromatic carbocycles. The lowest BCUT2D eigenvalue weighted by Gasteiger charge is -2.18. The summed E-state index contributed by atoms with van der Waals surface area (Å²) < 4.78 is 16.1. The molecule has 0 saturated heterocycles. The first-order valence-corrected chi connectivity index (χ1v) is 6.25. The SMILES string of the molecule is CNC(=O)[C@H]1N=C(C)O[C@H]1c1ccc(OC)c(OC)c1. The maximum absolute atomic E-state index is 11.9. The molecule has 1 aliphatic heterocycles. The van der Waals surface area contributed by atoms with Gasteiger partial charge >= 0.3 is 0 Å². The molecule has 1 aromatic rings. The number of carbonyl (C=O) groups excluding carboxylic acids is 1. The van der Waals surface area contributed by atoms with Crippen molar-refractivity contribution in [2.75, 3.05) is 21.3 Å². The summed E-state index contributed by atoms with van der Waals surface area (Å²) >= 11 is 0. The minimum Gasteiger partial charge on any atom is -0.493 e. The highest BCUT2D eigenvalue weighted by Crippen LogP contribution is 2.35. The molecule has 1 heterocycles. The molecule has 1 N–H and O–H groups in total. The molecule has 0 fully saturated rings. The van der Waals surface area contributed by atoms with Crippen LogP contribution in [0.15, 0.2) is 23.2 Å². The van der Waals surface area contributed by atoms with E-state index in [1.54, 1.807) is 40.3 Å². The van der Waals surface area contributed by atoms with E-state index in [1.807, 2.05) is 6.07 Å². The van der Waals surface area contributed by atoms with Gasteiger partial charge in [0.2, 0.25) is 5.91 Å². The fourth-order valence-electron chi connectivity index (χ4n) is 2.17. The van der Waals surface area contributed by atoms with Gasteiger partial charge in [-0.3, -0.25) is 4.79 Å². The first kappa shape index (κ1) is 14.2. The third-order valence-electron chi connectivity index (χ3n) is 3.16. The second kappa shape index (κ2) is 5.81. The van der Waals surface area contributed by atoms with Crippen LogP contribution in [0, 0.1) is 0 Å². The van der Waals surface area contributed by atoms with Crippen LogP contribution in [0.5, 0.6) is 11.5 Å². The summed E-state index contributed by atoms with van der Waals surface area (Å²) in [6.07, 6.45) is -0.449. The third kappa shape index (κ3) is 2.54. The molecule has 1 amide bonds. The minimum absolute atomic E-state index is 0.179. The summed E-state index contributed by atoms with van der Waals surface area (Å²) in [5.74, 6) is 1.54. The number of hydrogen-bond acceptors (Lipinski definition) is 5. The average Bonchev–Trinajstić information content (AvgIpc) is 2.87. The van der Waals surface area contributed by atoms with Gasteiger partial charge in [-0.25, -0.2) is 4.99 Å². The van der Waals surface area contributed by atoms with E-state index in [9.17, 15) is 4.79 Å². The Morgan fingerprint density at radius 1 is 1.30 bits per heavy atom. The van der Waals surface area contributed by atoms with Gasteiger partial charge in [-0.15, -0.1) is 0 Å². The molecule has 2 rings (SSSR count). The van der Waals surface area contributed by atoms with E-state index >= 15 is 0 Å². The molecular formula is C14H18N2O4. The second-order valence-electron chi connectivity index (χ2n) is 4.36. The molecule has 1 aliphatic rings. The molecule has 0 unspecified atom stereocenters. The number of hydrogen-bond donors (Lipinski definition) is 1. The second-order valence-corrected chi connectivity index (χ2v) is 4.36. The number of methoxy groups -OCH3 is 2. The Morgan fingerprint density at radius 2 is 2.00 bits per heavy atom. The zero-order valence-electron chi connectivity index (χ0n) is 12.0. The number of carbonyl (C=O) groups is 1. The summed E-state index contributed by atoms with van der Waals surface area (Å²) in [6, 6.07) is 4.84. The Kier molecular flexibility index (Phi) is 4.12. The third-order valence-corrected chi connectivity index (χ3v) is 3.16. The van der Waals surface area contributed by atoms with Crippen LogP contribution in [-0.2, 0) is 9.53 Å². The van der Waals surface area contributed by atoms with Crippen molar-refractivity contribution in [3.63, 3.8) is 0 Å². The van der Waals surface area contributed by atoms with Crippen LogP contribution in [0.2, 0.25) is 0 Å². The maximum Gasteiger partial charge on any atom is 0.248 e. The lowest BCUT2D eigenvalue weighted by molar-refractivity contribution is -0.123.